The summed E-state index contributed by atoms with van der Waals surface area (Å²) in [5.41, 5.74) is 11.5. The number of benzene rings is 2. The number of methoxy groups -OCH3 is 1. The van der Waals surface area contributed by atoms with Crippen LogP contribution in [-0.4, -0.2) is 7.11 Å². The molecule has 0 unspecified atom stereocenters. The summed E-state index contributed by atoms with van der Waals surface area (Å²) >= 11 is 6.15. The molecule has 2 N–H and O–H groups in total. The third kappa shape index (κ3) is 2.75. The van der Waals surface area contributed by atoms with Crippen molar-refractivity contribution < 1.29 is 4.74 Å². The molecule has 0 aliphatic heterocycles. The Morgan fingerprint density at radius 3 is 2.42 bits per heavy atom. The van der Waals surface area contributed by atoms with Crippen molar-refractivity contribution >= 4 is 11.6 Å². The zero-order chi connectivity index (χ0) is 14.0. The minimum atomic E-state index is 0.480. The number of nitrogens with two attached hydrogens (primary N) is 1. The Morgan fingerprint density at radius 2 is 1.79 bits per heavy atom. The molecule has 0 atom stereocenters. The molecule has 2 nitrogen and oxygen atoms in total. The summed E-state index contributed by atoms with van der Waals surface area (Å²) in [5.74, 6) is 0.826. The first-order chi connectivity index (χ1) is 9.06. The summed E-state index contributed by atoms with van der Waals surface area (Å²) < 4.78 is 5.24. The molecule has 0 fully saturated rings. The monoisotopic (exact) mass is 275 g/mol. The minimum absolute atomic E-state index is 0.480. The predicted molar refractivity (Wildman–Crippen MR) is 80.8 cm³/mol. The van der Waals surface area contributed by atoms with Crippen LogP contribution in [0.2, 0.25) is 5.02 Å². The molecule has 2 rings (SSSR count). The number of hydrogen-bond donors (Lipinski definition) is 1. The maximum atomic E-state index is 6.15. The molecule has 100 valence electrons. The zero-order valence-corrected chi connectivity index (χ0v) is 12.2. The highest BCUT2D eigenvalue weighted by atomic mass is 35.5. The van der Waals surface area contributed by atoms with Crippen LogP contribution < -0.4 is 10.5 Å². The first-order valence-corrected chi connectivity index (χ1v) is 6.58. The number of rotatable bonds is 3. The van der Waals surface area contributed by atoms with Crippen LogP contribution in [0.25, 0.3) is 11.1 Å². The van der Waals surface area contributed by atoms with Crippen molar-refractivity contribution in [3.8, 4) is 16.9 Å². The largest absolute Gasteiger partial charge is 0.497 e. The molecular weight excluding hydrogens is 258 g/mol. The average molecular weight is 276 g/mol. The molecule has 0 radical (unpaired) electrons. The lowest BCUT2D eigenvalue weighted by molar-refractivity contribution is 0.414. The van der Waals surface area contributed by atoms with Crippen LogP contribution in [0, 0.1) is 13.8 Å². The van der Waals surface area contributed by atoms with Gasteiger partial charge in [-0.2, -0.15) is 0 Å². The molecule has 2 aromatic carbocycles. The van der Waals surface area contributed by atoms with Gasteiger partial charge >= 0.3 is 0 Å². The van der Waals surface area contributed by atoms with Gasteiger partial charge in [0.2, 0.25) is 0 Å². The second-order valence-electron chi connectivity index (χ2n) is 4.64. The molecule has 19 heavy (non-hydrogen) atoms. The van der Waals surface area contributed by atoms with Crippen molar-refractivity contribution in [1.29, 1.82) is 0 Å². The normalized spacial score (nSPS) is 10.6. The summed E-state index contributed by atoms with van der Waals surface area (Å²) in [7, 11) is 1.66. The summed E-state index contributed by atoms with van der Waals surface area (Å²) in [6.45, 7) is 4.55. The maximum absolute atomic E-state index is 6.15. The molecule has 0 saturated heterocycles. The topological polar surface area (TPSA) is 35.2 Å². The van der Waals surface area contributed by atoms with Gasteiger partial charge in [-0.15, -0.1) is 0 Å². The van der Waals surface area contributed by atoms with E-state index < -0.39 is 0 Å². The van der Waals surface area contributed by atoms with Crippen LogP contribution >= 0.6 is 11.6 Å². The van der Waals surface area contributed by atoms with E-state index in [1.54, 1.807) is 7.11 Å². The summed E-state index contributed by atoms with van der Waals surface area (Å²) in [5, 5.41) is 0.795. The van der Waals surface area contributed by atoms with Crippen LogP contribution in [0.1, 0.15) is 16.7 Å². The van der Waals surface area contributed by atoms with Crippen LogP contribution in [0.15, 0.2) is 30.3 Å². The Kier molecular flexibility index (Phi) is 4.13. The lowest BCUT2D eigenvalue weighted by Crippen LogP contribution is -2.01. The van der Waals surface area contributed by atoms with Crippen LogP contribution in [0.3, 0.4) is 0 Å². The Labute approximate surface area is 119 Å². The van der Waals surface area contributed by atoms with Gasteiger partial charge in [0.05, 0.1) is 7.11 Å². The van der Waals surface area contributed by atoms with E-state index in [1.165, 1.54) is 5.56 Å². The van der Waals surface area contributed by atoms with Crippen molar-refractivity contribution in [3.05, 3.63) is 52.0 Å². The molecule has 0 saturated carbocycles. The summed E-state index contributed by atoms with van der Waals surface area (Å²) in [6, 6.07) is 10.1. The molecule has 0 aliphatic carbocycles. The van der Waals surface area contributed by atoms with Crippen LogP contribution in [0.5, 0.6) is 5.75 Å². The van der Waals surface area contributed by atoms with E-state index in [9.17, 15) is 0 Å². The number of hydrogen-bond acceptors (Lipinski definition) is 2. The second-order valence-corrected chi connectivity index (χ2v) is 5.05. The third-order valence-corrected chi connectivity index (χ3v) is 3.74. The van der Waals surface area contributed by atoms with Gasteiger partial charge in [-0.25, -0.2) is 0 Å². The fourth-order valence-electron chi connectivity index (χ4n) is 2.20. The molecule has 3 heteroatoms. The van der Waals surface area contributed by atoms with Gasteiger partial charge in [-0.3, -0.25) is 0 Å². The van der Waals surface area contributed by atoms with Crippen molar-refractivity contribution in [2.24, 2.45) is 5.73 Å². The highest BCUT2D eigenvalue weighted by Gasteiger charge is 2.10. The molecule has 0 amide bonds. The van der Waals surface area contributed by atoms with Gasteiger partial charge in [-0.1, -0.05) is 17.7 Å². The maximum Gasteiger partial charge on any atom is 0.119 e. The fourth-order valence-corrected chi connectivity index (χ4v) is 2.42. The number of aryl methyl sites for hydroxylation is 2. The standard InChI is InChI=1S/C16H18ClNO/c1-10-7-16(17)11(2)6-15(10)14-5-4-13(19-3)8-12(14)9-18/h4-8H,9,18H2,1-3H3. The fraction of sp³-hybridized carbons (Fsp3) is 0.250. The van der Waals surface area contributed by atoms with E-state index in [4.69, 9.17) is 22.1 Å². The van der Waals surface area contributed by atoms with Gasteiger partial charge in [0.25, 0.3) is 0 Å². The SMILES string of the molecule is COc1ccc(-c2cc(C)c(Cl)cc2C)c(CN)c1. The van der Waals surface area contributed by atoms with E-state index >= 15 is 0 Å². The van der Waals surface area contributed by atoms with Crippen LogP contribution in [-0.2, 0) is 6.54 Å². The van der Waals surface area contributed by atoms with E-state index in [0.29, 0.717) is 6.54 Å². The molecule has 2 aromatic rings. The molecule has 0 aromatic heterocycles. The van der Waals surface area contributed by atoms with E-state index in [1.807, 2.05) is 25.1 Å². The highest BCUT2D eigenvalue weighted by Crippen LogP contribution is 2.32. The molecular formula is C16H18ClNO. The highest BCUT2D eigenvalue weighted by molar-refractivity contribution is 6.31. The lowest BCUT2D eigenvalue weighted by atomic mass is 9.94. The lowest BCUT2D eigenvalue weighted by Gasteiger charge is -2.14. The first-order valence-electron chi connectivity index (χ1n) is 6.21. The number of ether oxygens (including phenoxy) is 1. The van der Waals surface area contributed by atoms with Gasteiger partial charge in [0, 0.05) is 11.6 Å². The third-order valence-electron chi connectivity index (χ3n) is 3.33. The van der Waals surface area contributed by atoms with E-state index in [-0.39, 0.29) is 0 Å². The summed E-state index contributed by atoms with van der Waals surface area (Å²) in [6.07, 6.45) is 0. The quantitative estimate of drug-likeness (QED) is 0.916. The number of halogens is 1. The van der Waals surface area contributed by atoms with Gasteiger partial charge in [0.15, 0.2) is 0 Å². The van der Waals surface area contributed by atoms with Gasteiger partial charge in [-0.05, 0) is 65.9 Å². The second kappa shape index (κ2) is 5.64. The van der Waals surface area contributed by atoms with Crippen LogP contribution in [0.4, 0.5) is 0 Å². The zero-order valence-electron chi connectivity index (χ0n) is 11.5. The minimum Gasteiger partial charge on any atom is -0.497 e. The van der Waals surface area contributed by atoms with Crippen molar-refractivity contribution in [3.63, 3.8) is 0 Å². The van der Waals surface area contributed by atoms with Gasteiger partial charge in [0.1, 0.15) is 5.75 Å². The molecule has 0 spiro atoms. The Bertz CT molecular complexity index is 608. The van der Waals surface area contributed by atoms with E-state index in [0.717, 1.165) is 33.0 Å². The summed E-state index contributed by atoms with van der Waals surface area (Å²) in [4.78, 5) is 0. The Hall–Kier alpha value is -1.51. The van der Waals surface area contributed by atoms with Gasteiger partial charge < -0.3 is 10.5 Å². The molecule has 0 heterocycles. The average Bonchev–Trinajstić information content (AvgIpc) is 2.42. The Balaban J connectivity index is 2.61. The van der Waals surface area contributed by atoms with E-state index in [2.05, 4.69) is 19.1 Å². The first kappa shape index (κ1) is 13.9. The van der Waals surface area contributed by atoms with Crippen molar-refractivity contribution in [1.82, 2.24) is 0 Å². The van der Waals surface area contributed by atoms with Crippen molar-refractivity contribution in [2.75, 3.05) is 7.11 Å². The van der Waals surface area contributed by atoms with Crippen molar-refractivity contribution in [2.45, 2.75) is 20.4 Å². The molecule has 0 bridgehead atoms. The molecule has 0 aliphatic rings. The smallest absolute Gasteiger partial charge is 0.119 e. The Morgan fingerprint density at radius 1 is 1.05 bits per heavy atom. The predicted octanol–water partition coefficient (Wildman–Crippen LogP) is 4.09.